The number of ether oxygens (including phenoxy) is 4. The Hall–Kier alpha value is -3.60. The lowest BCUT2D eigenvalue weighted by Crippen LogP contribution is -2.39. The Morgan fingerprint density at radius 1 is 1.06 bits per heavy atom. The van der Waals surface area contributed by atoms with E-state index in [2.05, 4.69) is 36.5 Å². The van der Waals surface area contributed by atoms with E-state index >= 15 is 0 Å². The molecule has 0 heterocycles. The zero-order chi connectivity index (χ0) is 26.7. The van der Waals surface area contributed by atoms with Crippen LogP contribution in [0.3, 0.4) is 0 Å². The molecular formula is C25H30BrN3O7. The van der Waals surface area contributed by atoms with E-state index < -0.39 is 23.7 Å². The normalized spacial score (nSPS) is 11.6. The summed E-state index contributed by atoms with van der Waals surface area (Å²) in [6.07, 6.45) is 1.41. The quantitative estimate of drug-likeness (QED) is 0.174. The molecule has 0 radical (unpaired) electrons. The van der Waals surface area contributed by atoms with Gasteiger partial charge in [0.25, 0.3) is 5.91 Å². The monoisotopic (exact) mass is 563 g/mol. The first-order valence-corrected chi connectivity index (χ1v) is 11.9. The summed E-state index contributed by atoms with van der Waals surface area (Å²) in [5, 5.41) is 6.75. The Kier molecular flexibility index (Phi) is 11.2. The standard InChI is InChI=1S/C25H30BrN3O7/c1-6-35-20-12-16(11-19(26)23(20)36-14-21(30)34-5)13-27-29-25(32)22(15(2)3)24(31)28-17-7-9-18(33-4)10-8-17/h7-13,15,22H,6,14H2,1-5H3,(H,28,31)(H,29,32). The number of rotatable bonds is 12. The lowest BCUT2D eigenvalue weighted by molar-refractivity contribution is -0.143. The number of anilines is 1. The van der Waals surface area contributed by atoms with Crippen LogP contribution in [0, 0.1) is 11.8 Å². The third-order valence-corrected chi connectivity index (χ3v) is 5.46. The van der Waals surface area contributed by atoms with Crippen LogP contribution in [0.5, 0.6) is 17.2 Å². The zero-order valence-corrected chi connectivity index (χ0v) is 22.4. The number of amides is 2. The summed E-state index contributed by atoms with van der Waals surface area (Å²) in [5.41, 5.74) is 3.56. The molecular weight excluding hydrogens is 534 g/mol. The SMILES string of the molecule is CCOc1cc(C=NNC(=O)C(C(=O)Nc2ccc(OC)cc2)C(C)C)cc(Br)c1OCC(=O)OC. The van der Waals surface area contributed by atoms with Crippen LogP contribution in [-0.2, 0) is 19.1 Å². The molecule has 0 aromatic heterocycles. The number of hydrazone groups is 1. The van der Waals surface area contributed by atoms with E-state index in [1.54, 1.807) is 57.4 Å². The molecule has 2 rings (SSSR count). The van der Waals surface area contributed by atoms with Crippen LogP contribution in [0.25, 0.3) is 0 Å². The Morgan fingerprint density at radius 2 is 1.75 bits per heavy atom. The number of hydrogen-bond donors (Lipinski definition) is 2. The molecule has 2 amide bonds. The van der Waals surface area contributed by atoms with Crippen molar-refractivity contribution in [2.24, 2.45) is 16.9 Å². The van der Waals surface area contributed by atoms with Crippen LogP contribution >= 0.6 is 15.9 Å². The fourth-order valence-corrected chi connectivity index (χ4v) is 3.69. The molecule has 0 aliphatic rings. The van der Waals surface area contributed by atoms with Gasteiger partial charge in [-0.05, 0) is 70.7 Å². The summed E-state index contributed by atoms with van der Waals surface area (Å²) in [6, 6.07) is 10.1. The van der Waals surface area contributed by atoms with Gasteiger partial charge in [0.15, 0.2) is 18.1 Å². The first kappa shape index (κ1) is 28.6. The third-order valence-electron chi connectivity index (χ3n) is 4.87. The van der Waals surface area contributed by atoms with Crippen LogP contribution in [0.15, 0.2) is 46.0 Å². The van der Waals surface area contributed by atoms with Crippen LogP contribution < -0.4 is 25.0 Å². The smallest absolute Gasteiger partial charge is 0.343 e. The maximum Gasteiger partial charge on any atom is 0.343 e. The van der Waals surface area contributed by atoms with Crippen molar-refractivity contribution in [3.05, 3.63) is 46.4 Å². The Balaban J connectivity index is 2.11. The number of nitrogens with one attached hydrogen (secondary N) is 2. The number of benzene rings is 2. The second kappa shape index (κ2) is 14.1. The molecule has 0 bridgehead atoms. The topological polar surface area (TPSA) is 125 Å². The van der Waals surface area contributed by atoms with Crippen molar-refractivity contribution >= 4 is 45.6 Å². The molecule has 0 saturated carbocycles. The highest BCUT2D eigenvalue weighted by Gasteiger charge is 2.30. The van der Waals surface area contributed by atoms with E-state index in [4.69, 9.17) is 14.2 Å². The van der Waals surface area contributed by atoms with Gasteiger partial charge >= 0.3 is 5.97 Å². The van der Waals surface area contributed by atoms with E-state index in [0.717, 1.165) is 0 Å². The highest BCUT2D eigenvalue weighted by atomic mass is 79.9. The predicted octanol–water partition coefficient (Wildman–Crippen LogP) is 3.77. The first-order valence-electron chi connectivity index (χ1n) is 11.1. The summed E-state index contributed by atoms with van der Waals surface area (Å²) in [7, 11) is 2.82. The van der Waals surface area contributed by atoms with E-state index in [0.29, 0.717) is 39.6 Å². The Morgan fingerprint density at radius 3 is 2.33 bits per heavy atom. The van der Waals surface area contributed by atoms with Crippen molar-refractivity contribution in [2.45, 2.75) is 20.8 Å². The summed E-state index contributed by atoms with van der Waals surface area (Å²) in [5.74, 6) is -1.41. The van der Waals surface area contributed by atoms with Crippen LogP contribution in [0.1, 0.15) is 26.3 Å². The molecule has 0 aliphatic carbocycles. The Bertz CT molecular complexity index is 1090. The molecule has 1 atom stereocenters. The first-order chi connectivity index (χ1) is 17.2. The minimum atomic E-state index is -0.968. The number of carbonyl (C=O) groups is 3. The van der Waals surface area contributed by atoms with Gasteiger partial charge in [0.2, 0.25) is 5.91 Å². The second-order valence-electron chi connectivity index (χ2n) is 7.80. The maximum absolute atomic E-state index is 12.8. The summed E-state index contributed by atoms with van der Waals surface area (Å²) in [6.45, 7) is 5.44. The van der Waals surface area contributed by atoms with Crippen molar-refractivity contribution in [1.29, 1.82) is 0 Å². The number of carbonyl (C=O) groups excluding carboxylic acids is 3. The zero-order valence-electron chi connectivity index (χ0n) is 20.8. The molecule has 2 aromatic carbocycles. The van der Waals surface area contributed by atoms with E-state index in [1.165, 1.54) is 13.3 Å². The number of hydrogen-bond acceptors (Lipinski definition) is 8. The van der Waals surface area contributed by atoms with Gasteiger partial charge in [0, 0.05) is 5.69 Å². The number of halogens is 1. The summed E-state index contributed by atoms with van der Waals surface area (Å²) in [4.78, 5) is 37.0. The van der Waals surface area contributed by atoms with Gasteiger partial charge < -0.3 is 24.3 Å². The van der Waals surface area contributed by atoms with Crippen molar-refractivity contribution in [3.8, 4) is 17.2 Å². The van der Waals surface area contributed by atoms with Gasteiger partial charge in [0.05, 0.1) is 31.5 Å². The lowest BCUT2D eigenvalue weighted by Gasteiger charge is -2.18. The third kappa shape index (κ3) is 8.26. The number of esters is 1. The van der Waals surface area contributed by atoms with Crippen LogP contribution in [0.2, 0.25) is 0 Å². The largest absolute Gasteiger partial charge is 0.497 e. The predicted molar refractivity (Wildman–Crippen MR) is 139 cm³/mol. The molecule has 0 fully saturated rings. The lowest BCUT2D eigenvalue weighted by atomic mass is 9.94. The van der Waals surface area contributed by atoms with E-state index in [-0.39, 0.29) is 12.5 Å². The summed E-state index contributed by atoms with van der Waals surface area (Å²) < 4.78 is 21.3. The van der Waals surface area contributed by atoms with Gasteiger partial charge in [0.1, 0.15) is 11.7 Å². The van der Waals surface area contributed by atoms with Crippen molar-refractivity contribution in [3.63, 3.8) is 0 Å². The van der Waals surface area contributed by atoms with Gasteiger partial charge in [-0.1, -0.05) is 13.8 Å². The highest BCUT2D eigenvalue weighted by Crippen LogP contribution is 2.36. The van der Waals surface area contributed by atoms with Crippen molar-refractivity contribution in [2.75, 3.05) is 32.8 Å². The van der Waals surface area contributed by atoms with Crippen molar-refractivity contribution < 1.29 is 33.3 Å². The minimum absolute atomic E-state index is 0.275. The summed E-state index contributed by atoms with van der Waals surface area (Å²) >= 11 is 3.40. The molecule has 194 valence electrons. The molecule has 10 nitrogen and oxygen atoms in total. The molecule has 2 N–H and O–H groups in total. The van der Waals surface area contributed by atoms with Gasteiger partial charge in [-0.2, -0.15) is 5.10 Å². The maximum atomic E-state index is 12.8. The molecule has 11 heteroatoms. The average Bonchev–Trinajstić information content (AvgIpc) is 2.83. The highest BCUT2D eigenvalue weighted by molar-refractivity contribution is 9.10. The van der Waals surface area contributed by atoms with E-state index in [1.807, 2.05) is 6.92 Å². The van der Waals surface area contributed by atoms with Crippen LogP contribution in [0.4, 0.5) is 5.69 Å². The molecule has 0 aliphatic heterocycles. The fraction of sp³-hybridized carbons (Fsp3) is 0.360. The second-order valence-corrected chi connectivity index (χ2v) is 8.66. The number of nitrogens with zero attached hydrogens (tertiary/aromatic N) is 1. The van der Waals surface area contributed by atoms with Gasteiger partial charge in [-0.25, -0.2) is 10.2 Å². The van der Waals surface area contributed by atoms with Gasteiger partial charge in [-0.15, -0.1) is 0 Å². The number of methoxy groups -OCH3 is 2. The van der Waals surface area contributed by atoms with E-state index in [9.17, 15) is 14.4 Å². The minimum Gasteiger partial charge on any atom is -0.497 e. The molecule has 0 spiro atoms. The van der Waals surface area contributed by atoms with Crippen molar-refractivity contribution in [1.82, 2.24) is 5.43 Å². The molecule has 0 saturated heterocycles. The average molecular weight is 564 g/mol. The fourth-order valence-electron chi connectivity index (χ4n) is 3.11. The Labute approximate surface area is 218 Å². The van der Waals surface area contributed by atoms with Crippen LogP contribution in [-0.4, -0.2) is 51.4 Å². The van der Waals surface area contributed by atoms with Gasteiger partial charge in [-0.3, -0.25) is 9.59 Å². The molecule has 1 unspecified atom stereocenters. The molecule has 2 aromatic rings. The molecule has 36 heavy (non-hydrogen) atoms.